The summed E-state index contributed by atoms with van der Waals surface area (Å²) >= 11 is 0. The highest BCUT2D eigenvalue weighted by Gasteiger charge is 2.42. The van der Waals surface area contributed by atoms with Crippen LogP contribution in [-0.4, -0.2) is 182 Å². The molecule has 0 saturated carbocycles. The lowest BCUT2D eigenvalue weighted by molar-refractivity contribution is -0.151. The van der Waals surface area contributed by atoms with Crippen molar-refractivity contribution in [2.45, 2.75) is 101 Å². The van der Waals surface area contributed by atoms with E-state index >= 15 is 0 Å². The van der Waals surface area contributed by atoms with Crippen molar-refractivity contribution in [3.05, 3.63) is 71.8 Å². The number of nitrogens with zero attached hydrogens (tertiary/aromatic N) is 8. The molecular weight excluding hydrogens is 991 g/mol. The first kappa shape index (κ1) is 58.6. The number of carboxylic acid groups (broad SMARTS) is 1. The predicted molar refractivity (Wildman–Crippen MR) is 274 cm³/mol. The lowest BCUT2D eigenvalue weighted by Gasteiger charge is -2.34. The summed E-state index contributed by atoms with van der Waals surface area (Å²) in [6, 6.07) is 10.7. The van der Waals surface area contributed by atoms with E-state index in [4.69, 9.17) is 28.7 Å². The fraction of sp³-hybridized carbons (Fsp3) is 0.521. The van der Waals surface area contributed by atoms with E-state index < -0.39 is 103 Å². The number of hydrogen-bond acceptors (Lipinski definition) is 13. The minimum absolute atomic E-state index is 0.0341. The number of carbonyl (C=O) groups excluding carboxylic acids is 8. The molecule has 0 bridgehead atoms. The van der Waals surface area contributed by atoms with E-state index in [1.165, 1.54) is 14.9 Å². The van der Waals surface area contributed by atoms with Gasteiger partial charge in [-0.05, 0) is 68.9 Å². The number of rotatable bonds is 23. The van der Waals surface area contributed by atoms with Crippen molar-refractivity contribution in [2.24, 2.45) is 44.6 Å². The van der Waals surface area contributed by atoms with Crippen LogP contribution in [0, 0.1) is 5.92 Å². The molecule has 0 aromatic heterocycles. The van der Waals surface area contributed by atoms with Gasteiger partial charge in [0.25, 0.3) is 17.7 Å². The third-order valence-corrected chi connectivity index (χ3v) is 12.8. The molecule has 2 aromatic carbocycles. The quantitative estimate of drug-likeness (QED) is 0.0234. The monoisotopic (exact) mass is 1060 g/mol. The number of hydrazine groups is 3. The van der Waals surface area contributed by atoms with E-state index in [9.17, 15) is 53.4 Å². The molecule has 0 spiro atoms. The maximum Gasteiger partial charge on any atom is 0.339 e. The normalized spacial score (nSPS) is 17.1. The summed E-state index contributed by atoms with van der Waals surface area (Å²) in [6.07, 6.45) is 2.24. The van der Waals surface area contributed by atoms with Crippen molar-refractivity contribution < 1.29 is 53.4 Å². The Labute approximate surface area is 439 Å². The zero-order valence-electron chi connectivity index (χ0n) is 42.3. The van der Waals surface area contributed by atoms with E-state index in [0.29, 0.717) is 36.8 Å². The number of aliphatic carboxylic acids is 1. The molecule has 5 atom stereocenters. The second-order valence-corrected chi connectivity index (χ2v) is 18.5. The number of carboxylic acids is 1. The van der Waals surface area contributed by atoms with Gasteiger partial charge in [-0.3, -0.25) is 54.4 Å². The minimum Gasteiger partial charge on any atom is -0.481 e. The maximum atomic E-state index is 14.1. The van der Waals surface area contributed by atoms with E-state index in [2.05, 4.69) is 31.5 Å². The lowest BCUT2D eigenvalue weighted by Crippen LogP contribution is -2.60. The SMILES string of the molecule is NC(N)=NCCC[C@@H](CC(=O)N(Cc1ccccc1)NC(=O)[C@H]1CCCN1C(=O)[C@H](CO)NC(=O)N(Cc1ccccc1)NC(=O)CNC(=O)[C@H]1CCCN1C(=O)N1CCCN1C(=O)[C@H](N)CCCN=C(N)N)C(=O)O. The second kappa shape index (κ2) is 29.0. The number of nitrogens with two attached hydrogens (primary N) is 5. The number of carbonyl (C=O) groups is 9. The number of urea groups is 2. The van der Waals surface area contributed by atoms with Crippen LogP contribution in [0.25, 0.3) is 0 Å². The zero-order chi connectivity index (χ0) is 55.3. The van der Waals surface area contributed by atoms with Gasteiger partial charge in [0.2, 0.25) is 17.7 Å². The number of hydrogen-bond donors (Lipinski definition) is 11. The number of guanidine groups is 2. The van der Waals surface area contributed by atoms with Crippen molar-refractivity contribution in [1.82, 2.24) is 51.3 Å². The molecule has 76 heavy (non-hydrogen) atoms. The Morgan fingerprint density at radius 3 is 1.80 bits per heavy atom. The van der Waals surface area contributed by atoms with E-state index in [-0.39, 0.29) is 96.4 Å². The zero-order valence-corrected chi connectivity index (χ0v) is 42.3. The number of benzene rings is 2. The van der Waals surface area contributed by atoms with Crippen LogP contribution in [0.3, 0.4) is 0 Å². The molecule has 3 saturated heterocycles. The van der Waals surface area contributed by atoms with Crippen LogP contribution in [0.5, 0.6) is 0 Å². The summed E-state index contributed by atoms with van der Waals surface area (Å²) in [6.45, 7) is -0.836. The molecule has 0 radical (unpaired) electrons. The fourth-order valence-electron chi connectivity index (χ4n) is 8.95. The molecule has 3 aliphatic rings. The van der Waals surface area contributed by atoms with Gasteiger partial charge < -0.3 is 59.3 Å². The highest BCUT2D eigenvalue weighted by molar-refractivity contribution is 5.95. The van der Waals surface area contributed by atoms with Crippen LogP contribution in [-0.2, 0) is 46.7 Å². The highest BCUT2D eigenvalue weighted by Crippen LogP contribution is 2.24. The molecule has 5 rings (SSSR count). The molecule has 3 aliphatic heterocycles. The van der Waals surface area contributed by atoms with Gasteiger partial charge in [0.05, 0.1) is 38.2 Å². The number of likely N-dealkylation sites (tertiary alicyclic amines) is 2. The van der Waals surface area contributed by atoms with Crippen LogP contribution in [0.2, 0.25) is 0 Å². The Bertz CT molecular complexity index is 2410. The summed E-state index contributed by atoms with van der Waals surface area (Å²) < 4.78 is 0. The molecule has 0 aliphatic carbocycles. The Morgan fingerprint density at radius 1 is 0.671 bits per heavy atom. The average Bonchev–Trinajstić information content (AvgIpc) is 4.22. The smallest absolute Gasteiger partial charge is 0.339 e. The molecule has 0 unspecified atom stereocenters. The molecule has 3 heterocycles. The first-order chi connectivity index (χ1) is 36.4. The van der Waals surface area contributed by atoms with Crippen molar-refractivity contribution >= 4 is 65.4 Å². The van der Waals surface area contributed by atoms with Crippen molar-refractivity contribution in [3.63, 3.8) is 0 Å². The standard InChI is InChI=1S/C48H71N17O11/c49-34(17-8-21-55-46(52)53)42(71)64-24-11-25-65(64)48(76)61-23-10-18-36(61)40(69)56-27-38(67)58-63(29-32-14-5-2-6-15-32)47(75)57-35(30-66)43(72)60-22-9-19-37(60)41(70)59-62(28-31-12-3-1-4-13-31)39(68)26-33(44(73)74)16-7-20-54-45(50)51/h1-6,12-15,33-37,66H,7-11,16-30,49H2,(H,56,69)(H,57,75)(H,58,67)(H,59,70)(H,73,74)(H4,50,51,54)(H4,52,53,55)/t33-,34+,35-,36+,37+/m0/s1. The number of aliphatic hydroxyl groups is 1. The summed E-state index contributed by atoms with van der Waals surface area (Å²) in [4.78, 5) is 132. The van der Waals surface area contributed by atoms with Crippen LogP contribution >= 0.6 is 0 Å². The van der Waals surface area contributed by atoms with Crippen LogP contribution in [0.15, 0.2) is 70.6 Å². The molecule has 16 N–H and O–H groups in total. The Morgan fingerprint density at radius 2 is 1.22 bits per heavy atom. The van der Waals surface area contributed by atoms with Crippen molar-refractivity contribution in [3.8, 4) is 0 Å². The summed E-state index contributed by atoms with van der Waals surface area (Å²) in [5, 5.41) is 29.8. The Kier molecular flexibility index (Phi) is 22.4. The van der Waals surface area contributed by atoms with E-state index in [0.717, 1.165) is 14.9 Å². The number of aliphatic imine (C=N–C) groups is 2. The molecule has 2 aromatic rings. The molecule has 10 amide bonds. The maximum absolute atomic E-state index is 14.1. The highest BCUT2D eigenvalue weighted by atomic mass is 16.4. The van der Waals surface area contributed by atoms with Gasteiger partial charge in [0.15, 0.2) is 11.9 Å². The molecule has 3 fully saturated rings. The first-order valence-corrected chi connectivity index (χ1v) is 25.1. The lowest BCUT2D eigenvalue weighted by atomic mass is 9.99. The summed E-state index contributed by atoms with van der Waals surface area (Å²) in [5.74, 6) is -6.94. The van der Waals surface area contributed by atoms with E-state index in [1.54, 1.807) is 60.7 Å². The van der Waals surface area contributed by atoms with Crippen molar-refractivity contribution in [2.75, 3.05) is 52.4 Å². The molecular formula is C48H71N17O11. The predicted octanol–water partition coefficient (Wildman–Crippen LogP) is -2.68. The summed E-state index contributed by atoms with van der Waals surface area (Å²) in [7, 11) is 0. The average molecular weight is 1060 g/mol. The molecule has 414 valence electrons. The van der Waals surface area contributed by atoms with E-state index in [1.807, 2.05) is 0 Å². The van der Waals surface area contributed by atoms with Gasteiger partial charge in [-0.1, -0.05) is 60.7 Å². The first-order valence-electron chi connectivity index (χ1n) is 25.1. The Hall–Kier alpha value is -8.27. The van der Waals surface area contributed by atoms with Gasteiger partial charge in [0.1, 0.15) is 18.1 Å². The minimum atomic E-state index is -1.63. The van der Waals surface area contributed by atoms with Crippen LogP contribution in [0.1, 0.15) is 75.3 Å². The topological polar surface area (TPSA) is 416 Å². The van der Waals surface area contributed by atoms with Gasteiger partial charge in [-0.2, -0.15) is 0 Å². The number of amides is 10. The third kappa shape index (κ3) is 17.1. The summed E-state index contributed by atoms with van der Waals surface area (Å²) in [5.41, 5.74) is 33.8. The van der Waals surface area contributed by atoms with Gasteiger partial charge >= 0.3 is 18.0 Å². The Balaban J connectivity index is 1.21. The van der Waals surface area contributed by atoms with Gasteiger partial charge in [-0.15, -0.1) is 0 Å². The second-order valence-electron chi connectivity index (χ2n) is 18.5. The molecule has 28 nitrogen and oxygen atoms in total. The third-order valence-electron chi connectivity index (χ3n) is 12.8. The van der Waals surface area contributed by atoms with Crippen LogP contribution in [0.4, 0.5) is 9.59 Å². The number of nitrogens with one attached hydrogen (secondary N) is 4. The largest absolute Gasteiger partial charge is 0.481 e. The molecule has 28 heteroatoms. The van der Waals surface area contributed by atoms with Gasteiger partial charge in [0, 0.05) is 45.7 Å². The van der Waals surface area contributed by atoms with Crippen molar-refractivity contribution in [1.29, 1.82) is 0 Å². The van der Waals surface area contributed by atoms with Gasteiger partial charge in [-0.25, -0.2) is 29.6 Å². The fourth-order valence-corrected chi connectivity index (χ4v) is 8.95. The number of aliphatic hydroxyl groups excluding tert-OH is 1. The van der Waals surface area contributed by atoms with Crippen LogP contribution < -0.4 is 50.2 Å².